The number of alkyl halides is 1. The average Bonchev–Trinajstić information content (AvgIpc) is 2.54. The summed E-state index contributed by atoms with van der Waals surface area (Å²) in [5.74, 6) is 1.24. The summed E-state index contributed by atoms with van der Waals surface area (Å²) in [4.78, 5) is 2.38. The van der Waals surface area contributed by atoms with Crippen molar-refractivity contribution in [3.05, 3.63) is 0 Å². The van der Waals surface area contributed by atoms with Crippen LogP contribution in [-0.2, 0) is 9.84 Å². The van der Waals surface area contributed by atoms with E-state index in [2.05, 4.69) is 4.90 Å². The summed E-state index contributed by atoms with van der Waals surface area (Å²) < 4.78 is 22.8. The highest BCUT2D eigenvalue weighted by Gasteiger charge is 2.20. The average molecular weight is 282 g/mol. The Labute approximate surface area is 110 Å². The molecule has 17 heavy (non-hydrogen) atoms. The lowest BCUT2D eigenvalue weighted by Gasteiger charge is -2.28. The van der Waals surface area contributed by atoms with Gasteiger partial charge >= 0.3 is 0 Å². The third kappa shape index (κ3) is 5.58. The van der Waals surface area contributed by atoms with E-state index in [0.717, 1.165) is 25.9 Å². The molecule has 0 spiro atoms. The van der Waals surface area contributed by atoms with E-state index in [1.54, 1.807) is 6.92 Å². The van der Waals surface area contributed by atoms with E-state index in [0.29, 0.717) is 17.7 Å². The smallest absolute Gasteiger partial charge is 0.150 e. The Hall–Kier alpha value is 0.200. The molecule has 0 bridgehead atoms. The molecule has 0 N–H and O–H groups in total. The second-order valence-electron chi connectivity index (χ2n) is 4.78. The molecule has 1 fully saturated rings. The lowest BCUT2D eigenvalue weighted by molar-refractivity contribution is 0.217. The van der Waals surface area contributed by atoms with Crippen LogP contribution in [0.15, 0.2) is 0 Å². The zero-order valence-electron chi connectivity index (χ0n) is 10.7. The molecule has 0 aromatic heterocycles. The van der Waals surface area contributed by atoms with Crippen LogP contribution in [0, 0.1) is 0 Å². The molecule has 102 valence electrons. The first-order valence-electron chi connectivity index (χ1n) is 6.59. The molecule has 0 aromatic rings. The van der Waals surface area contributed by atoms with Gasteiger partial charge < -0.3 is 0 Å². The zero-order valence-corrected chi connectivity index (χ0v) is 12.3. The topological polar surface area (TPSA) is 37.4 Å². The third-order valence-corrected chi connectivity index (χ3v) is 5.66. The molecule has 5 heteroatoms. The van der Waals surface area contributed by atoms with Crippen molar-refractivity contribution in [2.75, 3.05) is 30.5 Å². The van der Waals surface area contributed by atoms with E-state index in [1.807, 2.05) is 0 Å². The predicted molar refractivity (Wildman–Crippen MR) is 73.5 cm³/mol. The van der Waals surface area contributed by atoms with Gasteiger partial charge in [0.2, 0.25) is 0 Å². The largest absolute Gasteiger partial charge is 0.299 e. The van der Waals surface area contributed by atoms with Gasteiger partial charge in [-0.15, -0.1) is 11.6 Å². The number of likely N-dealkylation sites (tertiary alicyclic amines) is 1. The van der Waals surface area contributed by atoms with Gasteiger partial charge in [-0.25, -0.2) is 8.42 Å². The molecular weight excluding hydrogens is 258 g/mol. The van der Waals surface area contributed by atoms with Crippen molar-refractivity contribution in [1.82, 2.24) is 4.90 Å². The number of rotatable bonds is 6. The Bertz CT molecular complexity index is 306. The Morgan fingerprint density at radius 2 is 2.06 bits per heavy atom. The van der Waals surface area contributed by atoms with E-state index >= 15 is 0 Å². The summed E-state index contributed by atoms with van der Waals surface area (Å²) in [6.07, 6.45) is 5.64. The van der Waals surface area contributed by atoms with Crippen molar-refractivity contribution in [3.8, 4) is 0 Å². The van der Waals surface area contributed by atoms with Crippen LogP contribution in [0.3, 0.4) is 0 Å². The molecule has 1 rings (SSSR count). The van der Waals surface area contributed by atoms with Gasteiger partial charge in [0.05, 0.1) is 5.75 Å². The molecule has 1 unspecified atom stereocenters. The number of hydrogen-bond donors (Lipinski definition) is 0. The molecule has 0 aliphatic carbocycles. The minimum Gasteiger partial charge on any atom is -0.299 e. The van der Waals surface area contributed by atoms with Crippen molar-refractivity contribution >= 4 is 21.4 Å². The lowest BCUT2D eigenvalue weighted by atomic mass is 10.1. The second kappa shape index (κ2) is 7.59. The molecule has 0 aromatic carbocycles. The molecular formula is C12H24ClNO2S. The minimum atomic E-state index is -2.81. The van der Waals surface area contributed by atoms with Gasteiger partial charge in [-0.05, 0) is 32.4 Å². The Morgan fingerprint density at radius 3 is 2.71 bits per heavy atom. The summed E-state index contributed by atoms with van der Waals surface area (Å²) in [5, 5.41) is 0. The number of halogens is 1. The Kier molecular flexibility index (Phi) is 6.82. The van der Waals surface area contributed by atoms with Gasteiger partial charge in [0, 0.05) is 17.7 Å². The van der Waals surface area contributed by atoms with Gasteiger partial charge in [0.1, 0.15) is 9.84 Å². The van der Waals surface area contributed by atoms with E-state index in [9.17, 15) is 8.42 Å². The fourth-order valence-electron chi connectivity index (χ4n) is 2.34. The van der Waals surface area contributed by atoms with Gasteiger partial charge in [-0.1, -0.05) is 19.8 Å². The minimum absolute atomic E-state index is 0.256. The fraction of sp³-hybridized carbons (Fsp3) is 1.00. The standard InChI is InChI=1S/C12H24ClNO2S/c1-2-17(15,16)10-6-9-14-8-5-3-4-7-12(14)11-13/h12H,2-11H2,1H3. The molecule has 1 aliphatic heterocycles. The van der Waals surface area contributed by atoms with Crippen LogP contribution in [0.1, 0.15) is 39.0 Å². The molecule has 1 atom stereocenters. The highest BCUT2D eigenvalue weighted by atomic mass is 35.5. The fourth-order valence-corrected chi connectivity index (χ4v) is 3.54. The maximum absolute atomic E-state index is 11.4. The number of nitrogens with zero attached hydrogens (tertiary/aromatic N) is 1. The van der Waals surface area contributed by atoms with E-state index in [-0.39, 0.29) is 5.75 Å². The van der Waals surface area contributed by atoms with Crippen molar-refractivity contribution in [2.45, 2.75) is 45.1 Å². The van der Waals surface area contributed by atoms with E-state index in [1.165, 1.54) is 19.3 Å². The zero-order chi connectivity index (χ0) is 12.7. The molecule has 1 aliphatic rings. The number of hydrogen-bond acceptors (Lipinski definition) is 3. The molecule has 1 saturated heterocycles. The first-order chi connectivity index (χ1) is 8.09. The third-order valence-electron chi connectivity index (χ3n) is 3.52. The molecule has 1 heterocycles. The normalized spacial score (nSPS) is 23.5. The Morgan fingerprint density at radius 1 is 1.29 bits per heavy atom. The van der Waals surface area contributed by atoms with E-state index in [4.69, 9.17) is 11.6 Å². The summed E-state index contributed by atoms with van der Waals surface area (Å²) in [6.45, 7) is 3.66. The maximum Gasteiger partial charge on any atom is 0.150 e. The molecule has 0 radical (unpaired) electrons. The highest BCUT2D eigenvalue weighted by Crippen LogP contribution is 2.18. The van der Waals surface area contributed by atoms with Gasteiger partial charge in [0.15, 0.2) is 0 Å². The summed E-state index contributed by atoms with van der Waals surface area (Å²) in [7, 11) is -2.81. The Balaban J connectivity index is 2.37. The van der Waals surface area contributed by atoms with E-state index < -0.39 is 9.84 Å². The monoisotopic (exact) mass is 281 g/mol. The lowest BCUT2D eigenvalue weighted by Crippen LogP contribution is -2.37. The van der Waals surface area contributed by atoms with Crippen LogP contribution in [0.5, 0.6) is 0 Å². The SMILES string of the molecule is CCS(=O)(=O)CCCN1CCCCCC1CCl. The summed E-state index contributed by atoms with van der Waals surface area (Å²) in [6, 6.07) is 0.448. The molecule has 3 nitrogen and oxygen atoms in total. The van der Waals surface area contributed by atoms with Gasteiger partial charge in [0.25, 0.3) is 0 Å². The van der Waals surface area contributed by atoms with Crippen LogP contribution in [0.25, 0.3) is 0 Å². The quantitative estimate of drug-likeness (QED) is 0.701. The van der Waals surface area contributed by atoms with Crippen LogP contribution in [0.2, 0.25) is 0 Å². The van der Waals surface area contributed by atoms with Gasteiger partial charge in [-0.3, -0.25) is 4.90 Å². The van der Waals surface area contributed by atoms with Crippen LogP contribution >= 0.6 is 11.6 Å². The first kappa shape index (κ1) is 15.3. The van der Waals surface area contributed by atoms with Crippen molar-refractivity contribution in [3.63, 3.8) is 0 Å². The van der Waals surface area contributed by atoms with Crippen molar-refractivity contribution in [1.29, 1.82) is 0 Å². The van der Waals surface area contributed by atoms with Crippen LogP contribution in [-0.4, -0.2) is 49.8 Å². The van der Waals surface area contributed by atoms with Gasteiger partial charge in [-0.2, -0.15) is 0 Å². The maximum atomic E-state index is 11.4. The van der Waals surface area contributed by atoms with Crippen molar-refractivity contribution < 1.29 is 8.42 Å². The molecule has 0 saturated carbocycles. The van der Waals surface area contributed by atoms with Crippen LogP contribution < -0.4 is 0 Å². The predicted octanol–water partition coefficient (Wildman–Crippen LogP) is 2.29. The van der Waals surface area contributed by atoms with Crippen LogP contribution in [0.4, 0.5) is 0 Å². The number of sulfone groups is 1. The highest BCUT2D eigenvalue weighted by molar-refractivity contribution is 7.91. The first-order valence-corrected chi connectivity index (χ1v) is 8.95. The van der Waals surface area contributed by atoms with Crippen molar-refractivity contribution in [2.24, 2.45) is 0 Å². The summed E-state index contributed by atoms with van der Waals surface area (Å²) in [5.41, 5.74) is 0. The molecule has 0 amide bonds. The summed E-state index contributed by atoms with van der Waals surface area (Å²) >= 11 is 5.98. The second-order valence-corrected chi connectivity index (χ2v) is 7.56.